The van der Waals surface area contributed by atoms with Crippen LogP contribution in [0.2, 0.25) is 10.0 Å². The lowest BCUT2D eigenvalue weighted by Crippen LogP contribution is -2.42. The summed E-state index contributed by atoms with van der Waals surface area (Å²) < 4.78 is 47.8. The summed E-state index contributed by atoms with van der Waals surface area (Å²) in [7, 11) is -4.26. The van der Waals surface area contributed by atoms with Gasteiger partial charge in [0.25, 0.3) is 15.9 Å². The van der Waals surface area contributed by atoms with Gasteiger partial charge in [0, 0.05) is 21.2 Å². The van der Waals surface area contributed by atoms with E-state index < -0.39 is 33.8 Å². The number of benzene rings is 2. The van der Waals surface area contributed by atoms with Crippen molar-refractivity contribution >= 4 is 95.0 Å². The summed E-state index contributed by atoms with van der Waals surface area (Å²) in [5, 5.41) is 11.8. The molecular weight excluding hydrogens is 681 g/mol. The molecule has 37 heavy (non-hydrogen) atoms. The summed E-state index contributed by atoms with van der Waals surface area (Å²) in [6.07, 6.45) is 2.36. The second-order valence-electron chi connectivity index (χ2n) is 7.58. The molecule has 0 unspecified atom stereocenters. The minimum Gasteiger partial charge on any atom is -0.480 e. The smallest absolute Gasteiger partial charge is 0.326 e. The molecule has 1 amide bonds. The highest BCUT2D eigenvalue weighted by Crippen LogP contribution is 2.28. The van der Waals surface area contributed by atoms with Gasteiger partial charge in [0.15, 0.2) is 5.03 Å². The number of aromatic nitrogens is 2. The number of hydrogen-bond donors (Lipinski definition) is 3. The molecule has 4 aromatic rings. The molecule has 0 aliphatic heterocycles. The lowest BCUT2D eigenvalue weighted by Gasteiger charge is -2.18. The number of aliphatic carboxylic acids is 1. The van der Waals surface area contributed by atoms with Crippen LogP contribution in [-0.4, -0.2) is 40.8 Å². The van der Waals surface area contributed by atoms with E-state index in [0.717, 1.165) is 23.7 Å². The lowest BCUT2D eigenvalue weighted by molar-refractivity contribution is -0.139. The zero-order chi connectivity index (χ0) is 26.9. The number of nitrogens with one attached hydrogen (secondary N) is 2. The minimum absolute atomic E-state index is 0.0270. The van der Waals surface area contributed by atoms with E-state index in [-0.39, 0.29) is 38.3 Å². The van der Waals surface area contributed by atoms with Gasteiger partial charge in [0.2, 0.25) is 0 Å². The van der Waals surface area contributed by atoms with E-state index in [1.165, 1.54) is 24.5 Å². The molecule has 9 nitrogen and oxygen atoms in total. The topological polar surface area (TPSA) is 138 Å². The first-order valence-electron chi connectivity index (χ1n) is 10.1. The van der Waals surface area contributed by atoms with Crippen molar-refractivity contribution in [3.8, 4) is 0 Å². The van der Waals surface area contributed by atoms with Gasteiger partial charge in [0.05, 0.1) is 32.6 Å². The van der Waals surface area contributed by atoms with Gasteiger partial charge in [-0.1, -0.05) is 23.2 Å². The van der Waals surface area contributed by atoms with Crippen molar-refractivity contribution in [1.82, 2.24) is 14.7 Å². The molecule has 192 valence electrons. The molecule has 0 aliphatic rings. The van der Waals surface area contributed by atoms with Crippen molar-refractivity contribution < 1.29 is 27.5 Å². The van der Waals surface area contributed by atoms with E-state index in [1.54, 1.807) is 12.1 Å². The highest BCUT2D eigenvalue weighted by Gasteiger charge is 2.27. The monoisotopic (exact) mass is 694 g/mol. The second-order valence-corrected chi connectivity index (χ2v) is 12.1. The summed E-state index contributed by atoms with van der Waals surface area (Å²) >= 11 is 14.8. The molecule has 4 rings (SSSR count). The molecule has 15 heteroatoms. The molecule has 2 aromatic heterocycles. The molecule has 0 saturated carbocycles. The van der Waals surface area contributed by atoms with Gasteiger partial charge in [-0.2, -0.15) is 12.8 Å². The van der Waals surface area contributed by atoms with E-state index >= 15 is 0 Å². The largest absolute Gasteiger partial charge is 0.480 e. The normalized spacial score (nSPS) is 12.3. The summed E-state index contributed by atoms with van der Waals surface area (Å²) in [6, 6.07) is 6.56. The Hall–Kier alpha value is -2.59. The molecule has 0 saturated heterocycles. The van der Waals surface area contributed by atoms with Crippen LogP contribution in [0.25, 0.3) is 10.1 Å². The summed E-state index contributed by atoms with van der Waals surface area (Å²) in [6.45, 7) is 0. The van der Waals surface area contributed by atoms with Crippen molar-refractivity contribution in [3.05, 3.63) is 79.4 Å². The Morgan fingerprint density at radius 3 is 2.65 bits per heavy atom. The number of fused-ring (bicyclic) bond motifs is 1. The van der Waals surface area contributed by atoms with Crippen LogP contribution in [0.4, 0.5) is 10.1 Å². The average Bonchev–Trinajstić information content (AvgIpc) is 3.30. The van der Waals surface area contributed by atoms with Crippen LogP contribution in [0.5, 0.6) is 0 Å². The lowest BCUT2D eigenvalue weighted by atomic mass is 10.0. The van der Waals surface area contributed by atoms with Crippen molar-refractivity contribution in [2.24, 2.45) is 0 Å². The van der Waals surface area contributed by atoms with Crippen molar-refractivity contribution in [2.75, 3.05) is 4.72 Å². The average molecular weight is 695 g/mol. The molecule has 2 aromatic carbocycles. The zero-order valence-electron chi connectivity index (χ0n) is 18.2. The second kappa shape index (κ2) is 11.0. The number of halogens is 4. The van der Waals surface area contributed by atoms with E-state index in [4.69, 9.17) is 23.2 Å². The van der Waals surface area contributed by atoms with Crippen LogP contribution in [0, 0.1) is 9.39 Å². The number of nitrogens with zero attached hydrogens (tertiary/aromatic N) is 2. The summed E-state index contributed by atoms with van der Waals surface area (Å²) in [5.74, 6) is -3.08. The van der Waals surface area contributed by atoms with Gasteiger partial charge < -0.3 is 10.4 Å². The predicted octanol–water partition coefficient (Wildman–Crippen LogP) is 4.97. The van der Waals surface area contributed by atoms with Crippen molar-refractivity contribution in [1.29, 1.82) is 0 Å². The number of anilines is 1. The van der Waals surface area contributed by atoms with E-state index in [0.29, 0.717) is 13.7 Å². The number of carbonyl (C=O) groups excluding carboxylic acids is 1. The summed E-state index contributed by atoms with van der Waals surface area (Å²) in [4.78, 5) is 29.0. The Morgan fingerprint density at radius 1 is 1.16 bits per heavy atom. The quantitative estimate of drug-likeness (QED) is 0.175. The van der Waals surface area contributed by atoms with Crippen LogP contribution in [0.3, 0.4) is 0 Å². The van der Waals surface area contributed by atoms with Gasteiger partial charge in [-0.15, -0.1) is 0 Å². The van der Waals surface area contributed by atoms with Crippen LogP contribution in [0.1, 0.15) is 15.9 Å². The maximum atomic E-state index is 13.9. The van der Waals surface area contributed by atoms with Crippen LogP contribution >= 0.6 is 57.3 Å². The fourth-order valence-electron chi connectivity index (χ4n) is 3.35. The predicted molar refractivity (Wildman–Crippen MR) is 146 cm³/mol. The third kappa shape index (κ3) is 6.12. The molecule has 0 radical (unpaired) electrons. The highest BCUT2D eigenvalue weighted by molar-refractivity contribution is 14.1. The van der Waals surface area contributed by atoms with Gasteiger partial charge in [-0.3, -0.25) is 9.52 Å². The Bertz CT molecular complexity index is 1650. The molecule has 0 fully saturated rings. The highest BCUT2D eigenvalue weighted by atomic mass is 127. The first kappa shape index (κ1) is 27.4. The molecule has 1 atom stereocenters. The standard InChI is InChI=1S/C22H14Cl2FIN4O5S2/c23-14-8-15(24)16(25)5-10(14)6-18(22(32)33)29-20(31)12-2-1-11(26)7-17(12)30-37(34,35)21-13-9-28-36-19(13)3-4-27-21/h1-5,7-9,18,30H,6H2,(H,29,31)(H,32,33)/t18-/m0/s1. The minimum atomic E-state index is -4.26. The Balaban J connectivity index is 1.63. The van der Waals surface area contributed by atoms with Crippen molar-refractivity contribution in [3.63, 3.8) is 0 Å². The number of carboxylic acids is 1. The van der Waals surface area contributed by atoms with E-state index in [9.17, 15) is 27.5 Å². The Morgan fingerprint density at radius 2 is 1.92 bits per heavy atom. The Kier molecular flexibility index (Phi) is 8.18. The van der Waals surface area contributed by atoms with Crippen LogP contribution < -0.4 is 10.0 Å². The first-order valence-corrected chi connectivity index (χ1v) is 14.2. The van der Waals surface area contributed by atoms with Gasteiger partial charge in [-0.25, -0.2) is 14.2 Å². The maximum absolute atomic E-state index is 13.9. The van der Waals surface area contributed by atoms with E-state index in [2.05, 4.69) is 19.4 Å². The summed E-state index contributed by atoms with van der Waals surface area (Å²) in [5.41, 5.74) is -0.117. The first-order chi connectivity index (χ1) is 17.5. The number of carbonyl (C=O) groups is 2. The fraction of sp³-hybridized carbons (Fsp3) is 0.0909. The third-order valence-corrected chi connectivity index (χ3v) is 8.49. The molecular formula is C22H14Cl2FIN4O5S2. The van der Waals surface area contributed by atoms with E-state index in [1.807, 2.05) is 22.6 Å². The van der Waals surface area contributed by atoms with Gasteiger partial charge >= 0.3 is 5.97 Å². The SMILES string of the molecule is O=C(N[C@@H](Cc1cc(F)c(Cl)cc1Cl)C(=O)O)c1ccc(I)cc1NS(=O)(=O)c1nccc2sncc12. The van der Waals surface area contributed by atoms with Crippen molar-refractivity contribution in [2.45, 2.75) is 17.5 Å². The number of sulfonamides is 1. The molecule has 0 aliphatic carbocycles. The number of amides is 1. The molecule has 2 heterocycles. The zero-order valence-corrected chi connectivity index (χ0v) is 23.5. The molecule has 3 N–H and O–H groups in total. The maximum Gasteiger partial charge on any atom is 0.326 e. The third-order valence-electron chi connectivity index (χ3n) is 5.09. The number of pyridine rings is 1. The number of carboxylic acid groups (broad SMARTS) is 1. The molecule has 0 spiro atoms. The fourth-order valence-corrected chi connectivity index (χ4v) is 6.22. The van der Waals surface area contributed by atoms with Gasteiger partial charge in [-0.05, 0) is 76.1 Å². The number of rotatable bonds is 8. The van der Waals surface area contributed by atoms with Gasteiger partial charge in [0.1, 0.15) is 11.9 Å². The Labute approximate surface area is 237 Å². The number of hydrogen-bond acceptors (Lipinski definition) is 7. The van der Waals surface area contributed by atoms with Crippen LogP contribution in [0.15, 0.2) is 53.8 Å². The molecule has 0 bridgehead atoms. The van der Waals surface area contributed by atoms with Crippen LogP contribution in [-0.2, 0) is 21.2 Å².